The average molecular weight is 791 g/mol. The summed E-state index contributed by atoms with van der Waals surface area (Å²) in [6.45, 7) is -1.34. The summed E-state index contributed by atoms with van der Waals surface area (Å²) in [6.07, 6.45) is -32.1. The standard InChI is InChI=1S/C29H54N6O19/c30-2-7-13(38)15(40)10(34)26(47-7)50-20-6(33)1-5(32)12(37)23(20)53-29-19(44)21(9(4-36)49-29)51-27-11(35)22(14(39)8(3-31)48-27)52-28-18(43)16(41)17(42)24(54-28)25(45)46/h5-24,26-29,36-44H,1-4,30-35H2,(H,45,46)/t5-,6+,7-,8+,9-,10-,11-,12+,13-,14-,15-,16?,17?,18?,19-,20-,21-,22-,23-,24?,26-,27-,28?,29+/m1/s1. The van der Waals surface area contributed by atoms with Crippen LogP contribution >= 0.6 is 0 Å². The fourth-order valence-electron chi connectivity index (χ4n) is 7.22. The van der Waals surface area contributed by atoms with Crippen molar-refractivity contribution >= 4 is 5.97 Å². The molecule has 25 heteroatoms. The van der Waals surface area contributed by atoms with Crippen LogP contribution < -0.4 is 34.4 Å². The largest absolute Gasteiger partial charge is 0.479 e. The minimum atomic E-state index is -2.03. The smallest absolute Gasteiger partial charge is 0.335 e. The van der Waals surface area contributed by atoms with Gasteiger partial charge in [-0.15, -0.1) is 0 Å². The lowest BCUT2D eigenvalue weighted by atomic mass is 9.84. The van der Waals surface area contributed by atoms with E-state index in [-0.39, 0.29) is 19.5 Å². The monoisotopic (exact) mass is 790 g/mol. The van der Waals surface area contributed by atoms with Crippen LogP contribution in [0.3, 0.4) is 0 Å². The molecule has 0 spiro atoms. The van der Waals surface area contributed by atoms with Crippen molar-refractivity contribution in [2.45, 2.75) is 153 Å². The van der Waals surface area contributed by atoms with Crippen molar-refractivity contribution in [3.05, 3.63) is 0 Å². The molecule has 5 unspecified atom stereocenters. The van der Waals surface area contributed by atoms with E-state index in [1.165, 1.54) is 0 Å². The molecular formula is C29H54N6O19. The van der Waals surface area contributed by atoms with Crippen LogP contribution in [-0.2, 0) is 42.7 Å². The van der Waals surface area contributed by atoms with Gasteiger partial charge in [0.2, 0.25) is 0 Å². The number of carboxylic acid groups (broad SMARTS) is 1. The zero-order chi connectivity index (χ0) is 39.9. The summed E-state index contributed by atoms with van der Waals surface area (Å²) in [7, 11) is 0. The first-order valence-electron chi connectivity index (χ1n) is 17.4. The molecule has 4 saturated heterocycles. The highest BCUT2D eigenvalue weighted by Gasteiger charge is 2.56. The molecule has 1 aliphatic carbocycles. The molecule has 0 aromatic carbocycles. The van der Waals surface area contributed by atoms with Crippen LogP contribution in [0.25, 0.3) is 0 Å². The highest BCUT2D eigenvalue weighted by molar-refractivity contribution is 5.73. The van der Waals surface area contributed by atoms with Gasteiger partial charge in [-0.3, -0.25) is 0 Å². The van der Waals surface area contributed by atoms with E-state index >= 15 is 0 Å². The Morgan fingerprint density at radius 3 is 1.63 bits per heavy atom. The number of hydrogen-bond donors (Lipinski definition) is 16. The van der Waals surface area contributed by atoms with Gasteiger partial charge in [0.1, 0.15) is 85.5 Å². The van der Waals surface area contributed by atoms with Crippen molar-refractivity contribution in [1.29, 1.82) is 0 Å². The maximum absolute atomic E-state index is 11.6. The molecule has 0 amide bonds. The number of hydrogen-bond acceptors (Lipinski definition) is 24. The Hall–Kier alpha value is -1.45. The van der Waals surface area contributed by atoms with Crippen LogP contribution in [0.1, 0.15) is 6.42 Å². The number of nitrogens with two attached hydrogens (primary N) is 6. The summed E-state index contributed by atoms with van der Waals surface area (Å²) in [5, 5.41) is 105. The van der Waals surface area contributed by atoms with Crippen LogP contribution in [0.5, 0.6) is 0 Å². The lowest BCUT2D eigenvalue weighted by Crippen LogP contribution is -2.68. The molecule has 0 aromatic rings. The fourth-order valence-corrected chi connectivity index (χ4v) is 7.22. The first-order chi connectivity index (χ1) is 25.4. The summed E-state index contributed by atoms with van der Waals surface area (Å²) in [4.78, 5) is 11.6. The molecule has 24 atom stereocenters. The maximum Gasteiger partial charge on any atom is 0.335 e. The van der Waals surface area contributed by atoms with Crippen molar-refractivity contribution < 1.29 is 93.8 Å². The van der Waals surface area contributed by atoms with Crippen molar-refractivity contribution in [3.8, 4) is 0 Å². The summed E-state index contributed by atoms with van der Waals surface area (Å²) >= 11 is 0. The maximum atomic E-state index is 11.6. The average Bonchev–Trinajstić information content (AvgIpc) is 3.43. The molecule has 25 nitrogen and oxygen atoms in total. The second kappa shape index (κ2) is 18.0. The van der Waals surface area contributed by atoms with Gasteiger partial charge < -0.3 is 123 Å². The van der Waals surface area contributed by atoms with Crippen LogP contribution in [-0.4, -0.2) is 224 Å². The van der Waals surface area contributed by atoms with E-state index in [0.29, 0.717) is 0 Å². The lowest BCUT2D eigenvalue weighted by molar-refractivity contribution is -0.341. The molecule has 54 heavy (non-hydrogen) atoms. The van der Waals surface area contributed by atoms with Gasteiger partial charge in [-0.05, 0) is 6.42 Å². The summed E-state index contributed by atoms with van der Waals surface area (Å²) < 4.78 is 45.9. The fraction of sp³-hybridized carbons (Fsp3) is 0.966. The van der Waals surface area contributed by atoms with Crippen molar-refractivity contribution in [3.63, 3.8) is 0 Å². The molecule has 0 radical (unpaired) electrons. The van der Waals surface area contributed by atoms with Crippen molar-refractivity contribution in [1.82, 2.24) is 0 Å². The molecular weight excluding hydrogens is 736 g/mol. The number of carbonyl (C=O) groups is 1. The second-order valence-electron chi connectivity index (χ2n) is 14.1. The van der Waals surface area contributed by atoms with E-state index in [4.69, 9.17) is 72.3 Å². The minimum absolute atomic E-state index is 0.0198. The van der Waals surface area contributed by atoms with Gasteiger partial charge in [-0.25, -0.2) is 4.79 Å². The molecule has 0 aromatic heterocycles. The number of aliphatic hydroxyl groups excluding tert-OH is 9. The first-order valence-corrected chi connectivity index (χ1v) is 17.4. The normalized spacial score (nSPS) is 53.0. The van der Waals surface area contributed by atoms with Crippen LogP contribution in [0, 0.1) is 0 Å². The number of carboxylic acids is 1. The molecule has 5 rings (SSSR count). The Morgan fingerprint density at radius 1 is 0.519 bits per heavy atom. The van der Waals surface area contributed by atoms with Crippen LogP contribution in [0.2, 0.25) is 0 Å². The van der Waals surface area contributed by atoms with E-state index in [1.807, 2.05) is 0 Å². The van der Waals surface area contributed by atoms with Crippen molar-refractivity contribution in [2.24, 2.45) is 34.4 Å². The van der Waals surface area contributed by atoms with Gasteiger partial charge in [-0.2, -0.15) is 0 Å². The Bertz CT molecular complexity index is 1240. The zero-order valence-electron chi connectivity index (χ0n) is 28.8. The topological polar surface area (TPSA) is 449 Å². The quantitative estimate of drug-likeness (QED) is 0.0872. The van der Waals surface area contributed by atoms with Crippen LogP contribution in [0.4, 0.5) is 0 Å². The van der Waals surface area contributed by atoms with Gasteiger partial charge in [-0.1, -0.05) is 0 Å². The Labute approximate surface area is 307 Å². The van der Waals surface area contributed by atoms with Gasteiger partial charge >= 0.3 is 5.97 Å². The van der Waals surface area contributed by atoms with E-state index in [2.05, 4.69) is 0 Å². The Kier molecular flexibility index (Phi) is 14.6. The molecule has 1 saturated carbocycles. The molecule has 22 N–H and O–H groups in total. The molecule has 5 aliphatic rings. The predicted molar refractivity (Wildman–Crippen MR) is 172 cm³/mol. The molecule has 5 fully saturated rings. The van der Waals surface area contributed by atoms with Crippen LogP contribution in [0.15, 0.2) is 0 Å². The number of rotatable bonds is 12. The van der Waals surface area contributed by atoms with E-state index in [9.17, 15) is 55.9 Å². The van der Waals surface area contributed by atoms with Gasteiger partial charge in [0.05, 0.1) is 24.8 Å². The number of ether oxygens (including phenoxy) is 8. The van der Waals surface area contributed by atoms with Gasteiger partial charge in [0.15, 0.2) is 31.3 Å². The third-order valence-corrected chi connectivity index (χ3v) is 10.4. The molecule has 0 bridgehead atoms. The highest BCUT2D eigenvalue weighted by Crippen LogP contribution is 2.35. The molecule has 4 heterocycles. The Balaban J connectivity index is 1.31. The van der Waals surface area contributed by atoms with Gasteiger partial charge in [0, 0.05) is 25.2 Å². The Morgan fingerprint density at radius 2 is 1.04 bits per heavy atom. The summed E-state index contributed by atoms with van der Waals surface area (Å²) in [6, 6.07) is -4.70. The second-order valence-corrected chi connectivity index (χ2v) is 14.1. The third-order valence-electron chi connectivity index (χ3n) is 10.4. The highest BCUT2D eigenvalue weighted by atomic mass is 16.8. The number of aliphatic hydroxyl groups is 9. The van der Waals surface area contributed by atoms with E-state index in [0.717, 1.165) is 0 Å². The minimum Gasteiger partial charge on any atom is -0.479 e. The summed E-state index contributed by atoms with van der Waals surface area (Å²) in [5.74, 6) is -1.69. The van der Waals surface area contributed by atoms with E-state index in [1.54, 1.807) is 0 Å². The number of aliphatic carboxylic acids is 1. The molecule has 314 valence electrons. The lowest BCUT2D eigenvalue weighted by Gasteiger charge is -2.47. The zero-order valence-corrected chi connectivity index (χ0v) is 28.8. The predicted octanol–water partition coefficient (Wildman–Crippen LogP) is -11.0. The first kappa shape index (κ1) is 43.7. The summed E-state index contributed by atoms with van der Waals surface area (Å²) in [5.41, 5.74) is 36.4. The van der Waals surface area contributed by atoms with Gasteiger partial charge in [0.25, 0.3) is 0 Å². The SMILES string of the molecule is NC[C@@H]1O[C@H](O[C@H]2[C@@H](O)[C@H](O[C@@H]3[C@@H](O)[C@H](N)C[C@H](N)[C@H]3O[C@H]3O[C@H](CN)[C@@H](O)[C@H](O)[C@H]3N)O[C@@H]2CO)[C@H](N)[C@@H](OC2OC(C(=O)O)C(O)C(O)C2O)[C@@H]1O. The van der Waals surface area contributed by atoms with E-state index < -0.39 is 160 Å². The molecule has 4 aliphatic heterocycles. The van der Waals surface area contributed by atoms with Crippen molar-refractivity contribution in [2.75, 3.05) is 19.7 Å². The third kappa shape index (κ3) is 8.54.